The number of carboxylic acid groups (broad SMARTS) is 1. The maximum Gasteiger partial charge on any atom is 0.303 e. The number of carboxylic acids is 1. The normalized spacial score (nSPS) is 23.0. The Kier molecular flexibility index (Phi) is 7.31. The standard InChI is InChI=1S/C22H32N2O4/c1-2-28-19-10-8-18(9-11-19)20-6-4-14-24(20)21(25)16-23-13-3-5-17(15-23)7-12-22(26)27/h8-11,17,20H,2-7,12-16H2,1H3,(H,26,27). The molecule has 1 aromatic carbocycles. The van der Waals surface area contributed by atoms with Crippen molar-refractivity contribution in [1.82, 2.24) is 9.80 Å². The monoisotopic (exact) mass is 388 g/mol. The molecule has 2 aliphatic rings. The van der Waals surface area contributed by atoms with Crippen LogP contribution in [0.25, 0.3) is 0 Å². The first-order valence-electron chi connectivity index (χ1n) is 10.5. The summed E-state index contributed by atoms with van der Waals surface area (Å²) in [5.74, 6) is 0.708. The van der Waals surface area contributed by atoms with Gasteiger partial charge in [0.15, 0.2) is 0 Å². The van der Waals surface area contributed by atoms with Crippen molar-refractivity contribution in [3.05, 3.63) is 29.8 Å². The fraction of sp³-hybridized carbons (Fsp3) is 0.636. The molecule has 1 aromatic rings. The minimum absolute atomic E-state index is 0.149. The van der Waals surface area contributed by atoms with Crippen molar-refractivity contribution in [3.63, 3.8) is 0 Å². The molecule has 2 unspecified atom stereocenters. The number of carbonyl (C=O) groups excluding carboxylic acids is 1. The molecule has 0 aromatic heterocycles. The number of ether oxygens (including phenoxy) is 1. The molecule has 0 bridgehead atoms. The Morgan fingerprint density at radius 1 is 1.14 bits per heavy atom. The molecule has 2 aliphatic heterocycles. The lowest BCUT2D eigenvalue weighted by Gasteiger charge is -2.34. The summed E-state index contributed by atoms with van der Waals surface area (Å²) in [6.07, 6.45) is 5.07. The molecule has 0 saturated carbocycles. The van der Waals surface area contributed by atoms with Crippen LogP contribution in [0.15, 0.2) is 24.3 Å². The summed E-state index contributed by atoms with van der Waals surface area (Å²) in [5.41, 5.74) is 1.17. The molecule has 2 saturated heterocycles. The number of amides is 1. The first kappa shape index (κ1) is 20.6. The molecule has 0 spiro atoms. The highest BCUT2D eigenvalue weighted by Gasteiger charge is 2.31. The largest absolute Gasteiger partial charge is 0.494 e. The van der Waals surface area contributed by atoms with E-state index in [1.54, 1.807) is 0 Å². The maximum atomic E-state index is 13.0. The van der Waals surface area contributed by atoms with Crippen molar-refractivity contribution in [1.29, 1.82) is 0 Å². The van der Waals surface area contributed by atoms with Gasteiger partial charge in [0.25, 0.3) is 0 Å². The Morgan fingerprint density at radius 2 is 1.89 bits per heavy atom. The second-order valence-electron chi connectivity index (χ2n) is 7.92. The van der Waals surface area contributed by atoms with E-state index in [-0.39, 0.29) is 18.4 Å². The van der Waals surface area contributed by atoms with E-state index in [0.717, 1.165) is 51.1 Å². The molecule has 2 atom stereocenters. The summed E-state index contributed by atoms with van der Waals surface area (Å²) in [6.45, 7) is 5.64. The summed E-state index contributed by atoms with van der Waals surface area (Å²) in [4.78, 5) is 28.1. The van der Waals surface area contributed by atoms with Crippen LogP contribution in [0.3, 0.4) is 0 Å². The Morgan fingerprint density at radius 3 is 2.61 bits per heavy atom. The van der Waals surface area contributed by atoms with E-state index in [0.29, 0.717) is 25.5 Å². The molecule has 154 valence electrons. The quantitative estimate of drug-likeness (QED) is 0.740. The molecule has 28 heavy (non-hydrogen) atoms. The van der Waals surface area contributed by atoms with E-state index in [4.69, 9.17) is 9.84 Å². The molecule has 2 fully saturated rings. The minimum Gasteiger partial charge on any atom is -0.494 e. The van der Waals surface area contributed by atoms with E-state index < -0.39 is 5.97 Å². The van der Waals surface area contributed by atoms with Crippen molar-refractivity contribution >= 4 is 11.9 Å². The van der Waals surface area contributed by atoms with E-state index in [1.807, 2.05) is 24.0 Å². The highest BCUT2D eigenvalue weighted by atomic mass is 16.5. The molecule has 1 N–H and O–H groups in total. The van der Waals surface area contributed by atoms with E-state index >= 15 is 0 Å². The molecular weight excluding hydrogens is 356 g/mol. The van der Waals surface area contributed by atoms with Crippen LogP contribution in [0.5, 0.6) is 5.75 Å². The van der Waals surface area contributed by atoms with Gasteiger partial charge in [-0.1, -0.05) is 12.1 Å². The summed E-state index contributed by atoms with van der Waals surface area (Å²) in [6, 6.07) is 8.26. The van der Waals surface area contributed by atoms with Gasteiger partial charge < -0.3 is 14.7 Å². The number of hydrogen-bond acceptors (Lipinski definition) is 4. The van der Waals surface area contributed by atoms with Gasteiger partial charge in [-0.3, -0.25) is 14.5 Å². The van der Waals surface area contributed by atoms with Gasteiger partial charge >= 0.3 is 5.97 Å². The number of nitrogens with zero attached hydrogens (tertiary/aromatic N) is 2. The van der Waals surface area contributed by atoms with Crippen molar-refractivity contribution in [2.75, 3.05) is 32.8 Å². The van der Waals surface area contributed by atoms with Crippen LogP contribution in [0.1, 0.15) is 57.1 Å². The van der Waals surface area contributed by atoms with Crippen LogP contribution in [0.4, 0.5) is 0 Å². The zero-order valence-electron chi connectivity index (χ0n) is 16.8. The van der Waals surface area contributed by atoms with E-state index in [1.165, 1.54) is 5.56 Å². The van der Waals surface area contributed by atoms with Crippen molar-refractivity contribution in [3.8, 4) is 5.75 Å². The van der Waals surface area contributed by atoms with E-state index in [2.05, 4.69) is 17.0 Å². The average Bonchev–Trinajstić information content (AvgIpc) is 3.17. The third-order valence-electron chi connectivity index (χ3n) is 5.88. The predicted molar refractivity (Wildman–Crippen MR) is 107 cm³/mol. The number of aliphatic carboxylic acids is 1. The summed E-state index contributed by atoms with van der Waals surface area (Å²) in [5, 5.41) is 8.90. The third kappa shape index (κ3) is 5.47. The van der Waals surface area contributed by atoms with Gasteiger partial charge in [-0.25, -0.2) is 0 Å². The Balaban J connectivity index is 1.56. The number of rotatable bonds is 8. The lowest BCUT2D eigenvalue weighted by molar-refractivity contribution is -0.138. The first-order chi connectivity index (χ1) is 13.6. The second kappa shape index (κ2) is 9.92. The molecule has 2 heterocycles. The van der Waals surface area contributed by atoms with E-state index in [9.17, 15) is 9.59 Å². The third-order valence-corrected chi connectivity index (χ3v) is 5.88. The van der Waals surface area contributed by atoms with Gasteiger partial charge in [-0.05, 0) is 69.2 Å². The Labute approximate surface area is 167 Å². The topological polar surface area (TPSA) is 70.1 Å². The van der Waals surface area contributed by atoms with Crippen molar-refractivity contribution in [2.45, 2.75) is 51.5 Å². The number of hydrogen-bond donors (Lipinski definition) is 1. The lowest BCUT2D eigenvalue weighted by Crippen LogP contribution is -2.44. The number of carbonyl (C=O) groups is 2. The lowest BCUT2D eigenvalue weighted by atomic mass is 9.93. The number of benzene rings is 1. The number of likely N-dealkylation sites (tertiary alicyclic amines) is 2. The highest BCUT2D eigenvalue weighted by Crippen LogP contribution is 2.33. The maximum absolute atomic E-state index is 13.0. The second-order valence-corrected chi connectivity index (χ2v) is 7.92. The van der Waals surface area contributed by atoms with Gasteiger partial charge in [0, 0.05) is 19.5 Å². The smallest absolute Gasteiger partial charge is 0.303 e. The fourth-order valence-corrected chi connectivity index (χ4v) is 4.50. The van der Waals surface area contributed by atoms with Crippen molar-refractivity contribution in [2.24, 2.45) is 5.92 Å². The van der Waals surface area contributed by atoms with Gasteiger partial charge in [-0.2, -0.15) is 0 Å². The zero-order valence-corrected chi connectivity index (χ0v) is 16.8. The van der Waals surface area contributed by atoms with Gasteiger partial charge in [0.05, 0.1) is 19.2 Å². The predicted octanol–water partition coefficient (Wildman–Crippen LogP) is 3.33. The molecule has 0 aliphatic carbocycles. The Hall–Kier alpha value is -2.08. The summed E-state index contributed by atoms with van der Waals surface area (Å²) < 4.78 is 5.52. The minimum atomic E-state index is -0.733. The summed E-state index contributed by atoms with van der Waals surface area (Å²) >= 11 is 0. The van der Waals surface area contributed by atoms with Crippen LogP contribution in [-0.2, 0) is 9.59 Å². The zero-order chi connectivity index (χ0) is 19.9. The van der Waals surface area contributed by atoms with Gasteiger partial charge in [-0.15, -0.1) is 0 Å². The van der Waals surface area contributed by atoms with Crippen molar-refractivity contribution < 1.29 is 19.4 Å². The highest BCUT2D eigenvalue weighted by molar-refractivity contribution is 5.79. The van der Waals surface area contributed by atoms with Crippen LogP contribution in [-0.4, -0.2) is 59.6 Å². The molecule has 1 amide bonds. The SMILES string of the molecule is CCOc1ccc(C2CCCN2C(=O)CN2CCCC(CCC(=O)O)C2)cc1. The summed E-state index contributed by atoms with van der Waals surface area (Å²) in [7, 11) is 0. The molecule has 3 rings (SSSR count). The number of piperidine rings is 1. The molecular formula is C22H32N2O4. The van der Waals surface area contributed by atoms with Crippen LogP contribution in [0, 0.1) is 5.92 Å². The van der Waals surface area contributed by atoms with Crippen LogP contribution < -0.4 is 4.74 Å². The molecule has 6 heteroatoms. The van der Waals surface area contributed by atoms with Crippen LogP contribution >= 0.6 is 0 Å². The molecule has 6 nitrogen and oxygen atoms in total. The van der Waals surface area contributed by atoms with Gasteiger partial charge in [0.1, 0.15) is 5.75 Å². The first-order valence-corrected chi connectivity index (χ1v) is 10.5. The van der Waals surface area contributed by atoms with Gasteiger partial charge in [0.2, 0.25) is 5.91 Å². The average molecular weight is 389 g/mol. The Bertz CT molecular complexity index is 661. The molecule has 0 radical (unpaired) electrons. The fourth-order valence-electron chi connectivity index (χ4n) is 4.50. The van der Waals surface area contributed by atoms with Crippen LogP contribution in [0.2, 0.25) is 0 Å².